The summed E-state index contributed by atoms with van der Waals surface area (Å²) in [5, 5.41) is 13.5. The number of piperidine rings is 1. The lowest BCUT2D eigenvalue weighted by atomic mass is 9.97. The van der Waals surface area contributed by atoms with Crippen LogP contribution in [-0.4, -0.2) is 109 Å². The molecule has 0 radical (unpaired) electrons. The molecule has 3 aliphatic rings. The zero-order valence-electron chi connectivity index (χ0n) is 33.4. The van der Waals surface area contributed by atoms with Crippen molar-refractivity contribution in [2.45, 2.75) is 65.0 Å². The molecular weight excluding hydrogens is 757 g/mol. The molecule has 59 heavy (non-hydrogen) atoms. The maximum absolute atomic E-state index is 13.6. The minimum Gasteiger partial charge on any atom is -0.481 e. The maximum atomic E-state index is 13.6. The Kier molecular flexibility index (Phi) is 10.6. The Balaban J connectivity index is 0.841. The van der Waals surface area contributed by atoms with Crippen molar-refractivity contribution in [1.82, 2.24) is 45.2 Å². The van der Waals surface area contributed by atoms with Gasteiger partial charge in [0.1, 0.15) is 12.1 Å². The first-order valence-corrected chi connectivity index (χ1v) is 19.8. The van der Waals surface area contributed by atoms with Crippen LogP contribution in [0.2, 0.25) is 0 Å². The van der Waals surface area contributed by atoms with Gasteiger partial charge in [0.15, 0.2) is 6.10 Å². The molecule has 5 amide bonds. The highest BCUT2D eigenvalue weighted by Crippen LogP contribution is 2.30. The predicted molar refractivity (Wildman–Crippen MR) is 213 cm³/mol. The van der Waals surface area contributed by atoms with Crippen LogP contribution in [0.5, 0.6) is 5.75 Å². The van der Waals surface area contributed by atoms with Crippen LogP contribution >= 0.6 is 0 Å². The average Bonchev–Trinajstić information content (AvgIpc) is 4.02. The van der Waals surface area contributed by atoms with Gasteiger partial charge in [-0.15, -0.1) is 0 Å². The number of aromatic nitrogens is 5. The molecule has 8 rings (SSSR count). The Morgan fingerprint density at radius 1 is 0.966 bits per heavy atom. The zero-order valence-corrected chi connectivity index (χ0v) is 33.4. The first-order valence-electron chi connectivity index (χ1n) is 19.8. The molecule has 0 spiro atoms. The second-order valence-electron chi connectivity index (χ2n) is 16.3. The second-order valence-corrected chi connectivity index (χ2v) is 16.3. The van der Waals surface area contributed by atoms with Crippen LogP contribution < -0.4 is 20.3 Å². The number of ether oxygens (including phenoxy) is 1. The fourth-order valence-electron chi connectivity index (χ4n) is 7.63. The summed E-state index contributed by atoms with van der Waals surface area (Å²) in [5.74, 6) is -0.716. The molecule has 2 N–H and O–H groups in total. The fourth-order valence-corrected chi connectivity index (χ4v) is 7.63. The number of nitrogens with zero attached hydrogens (tertiary/aromatic N) is 8. The Labute approximate surface area is 340 Å². The number of nitrogens with one attached hydrogen (secondary N) is 2. The molecule has 2 unspecified atom stereocenters. The first kappa shape index (κ1) is 39.2. The van der Waals surface area contributed by atoms with Crippen molar-refractivity contribution in [3.05, 3.63) is 89.5 Å². The van der Waals surface area contributed by atoms with Crippen LogP contribution in [0.15, 0.2) is 65.6 Å². The summed E-state index contributed by atoms with van der Waals surface area (Å²) in [4.78, 5) is 77.9. The molecule has 17 nitrogen and oxygen atoms in total. The van der Waals surface area contributed by atoms with Crippen LogP contribution in [-0.2, 0) is 26.3 Å². The molecule has 6 heterocycles. The van der Waals surface area contributed by atoms with Gasteiger partial charge in [0.25, 0.3) is 23.5 Å². The highest BCUT2D eigenvalue weighted by molar-refractivity contribution is 6.00. The number of amides is 5. The molecule has 3 aliphatic heterocycles. The summed E-state index contributed by atoms with van der Waals surface area (Å²) in [7, 11) is 0. The van der Waals surface area contributed by atoms with Crippen molar-refractivity contribution in [1.29, 1.82) is 0 Å². The summed E-state index contributed by atoms with van der Waals surface area (Å²) in [6.45, 7) is 11.4. The molecule has 2 atom stereocenters. The number of anilines is 1. The Morgan fingerprint density at radius 2 is 1.75 bits per heavy atom. The van der Waals surface area contributed by atoms with Crippen molar-refractivity contribution < 1.29 is 33.2 Å². The van der Waals surface area contributed by atoms with E-state index in [2.05, 4.69) is 41.8 Å². The van der Waals surface area contributed by atoms with Gasteiger partial charge in [-0.1, -0.05) is 38.1 Å². The molecule has 0 saturated carbocycles. The highest BCUT2D eigenvalue weighted by Gasteiger charge is 2.35. The van der Waals surface area contributed by atoms with E-state index < -0.39 is 17.9 Å². The Hall–Kier alpha value is -6.65. The van der Waals surface area contributed by atoms with Gasteiger partial charge in [-0.25, -0.2) is 9.50 Å². The van der Waals surface area contributed by atoms with Crippen LogP contribution in [0, 0.1) is 12.8 Å². The molecule has 3 saturated heterocycles. The van der Waals surface area contributed by atoms with E-state index in [1.807, 2.05) is 61.5 Å². The van der Waals surface area contributed by atoms with Gasteiger partial charge in [0, 0.05) is 75.2 Å². The standard InChI is InChI=1S/C42H46N10O7/c1-25-19-27(5-6-28(25)21-43-38(55)36-47-41(59-48-36)42(2,3)4)35-32-20-30(23-52(32)45-24-44-35)49-15-17-50(18-16-49)40(57)29-13-14-51(22-29)39(56)26-7-9-31(10-8-26)58-33-11-12-34(53)46-37(33)54/h5-10,19-20,23-24,29,33H,11-18,21-22H2,1-4H3,(H,43,55)(H,46,53,54). The van der Waals surface area contributed by atoms with E-state index in [1.54, 1.807) is 29.2 Å². The number of hydrogen-bond acceptors (Lipinski definition) is 12. The third-order valence-corrected chi connectivity index (χ3v) is 11.1. The van der Waals surface area contributed by atoms with E-state index in [1.165, 1.54) is 6.33 Å². The number of carbonyl (C=O) groups is 5. The minimum atomic E-state index is -0.755. The quantitative estimate of drug-likeness (QED) is 0.207. The summed E-state index contributed by atoms with van der Waals surface area (Å²) >= 11 is 0. The van der Waals surface area contributed by atoms with Gasteiger partial charge in [-0.05, 0) is 60.9 Å². The lowest BCUT2D eigenvalue weighted by Gasteiger charge is -2.36. The third kappa shape index (κ3) is 8.35. The van der Waals surface area contributed by atoms with Crippen molar-refractivity contribution in [3.8, 4) is 17.0 Å². The Morgan fingerprint density at radius 3 is 2.46 bits per heavy atom. The first-order chi connectivity index (χ1) is 28.3. The van der Waals surface area contributed by atoms with E-state index in [0.717, 1.165) is 33.6 Å². The fraction of sp³-hybridized carbons (Fsp3) is 0.405. The molecule has 5 aromatic rings. The summed E-state index contributed by atoms with van der Waals surface area (Å²) < 4.78 is 12.8. The van der Waals surface area contributed by atoms with Crippen molar-refractivity contribution >= 4 is 40.7 Å². The van der Waals surface area contributed by atoms with Crippen molar-refractivity contribution in [2.75, 3.05) is 44.2 Å². The molecule has 17 heteroatoms. The van der Waals surface area contributed by atoms with Crippen LogP contribution in [0.25, 0.3) is 16.8 Å². The lowest BCUT2D eigenvalue weighted by Crippen LogP contribution is -2.50. The molecule has 2 aromatic carbocycles. The largest absolute Gasteiger partial charge is 0.481 e. The third-order valence-electron chi connectivity index (χ3n) is 11.1. The number of imide groups is 1. The number of rotatable bonds is 9. The number of carbonyl (C=O) groups excluding carboxylic acids is 5. The van der Waals surface area contributed by atoms with Gasteiger partial charge in [0.2, 0.25) is 17.7 Å². The monoisotopic (exact) mass is 802 g/mol. The number of hydrogen-bond donors (Lipinski definition) is 2. The van der Waals surface area contributed by atoms with Crippen LogP contribution in [0.1, 0.15) is 78.0 Å². The van der Waals surface area contributed by atoms with E-state index in [-0.39, 0.29) is 41.3 Å². The summed E-state index contributed by atoms with van der Waals surface area (Å²) in [5.41, 5.74) is 5.56. The van der Waals surface area contributed by atoms with Crippen LogP contribution in [0.4, 0.5) is 5.69 Å². The molecule has 3 fully saturated rings. The minimum absolute atomic E-state index is 0.00155. The second kappa shape index (κ2) is 15.9. The van der Waals surface area contributed by atoms with Crippen molar-refractivity contribution in [2.24, 2.45) is 5.92 Å². The number of fused-ring (bicyclic) bond motifs is 1. The van der Waals surface area contributed by atoms with E-state index in [4.69, 9.17) is 9.26 Å². The number of likely N-dealkylation sites (tertiary alicyclic amines) is 1. The average molecular weight is 803 g/mol. The Bertz CT molecular complexity index is 2430. The molecule has 306 valence electrons. The van der Waals surface area contributed by atoms with Gasteiger partial charge < -0.3 is 29.3 Å². The smallest absolute Gasteiger partial charge is 0.292 e. The number of aryl methyl sites for hydroxylation is 1. The summed E-state index contributed by atoms with van der Waals surface area (Å²) in [6, 6.07) is 14.7. The molecule has 0 bridgehead atoms. The van der Waals surface area contributed by atoms with Gasteiger partial charge in [0.05, 0.1) is 29.0 Å². The normalized spacial score (nSPS) is 18.6. The van der Waals surface area contributed by atoms with Crippen LogP contribution in [0.3, 0.4) is 0 Å². The highest BCUT2D eigenvalue weighted by atomic mass is 16.5. The van der Waals surface area contributed by atoms with Gasteiger partial charge in [-0.3, -0.25) is 29.3 Å². The lowest BCUT2D eigenvalue weighted by molar-refractivity contribution is -0.139. The molecule has 0 aliphatic carbocycles. The topological polar surface area (TPSA) is 197 Å². The molecular formula is C42H46N10O7. The molecule has 3 aromatic heterocycles. The zero-order chi connectivity index (χ0) is 41.4. The van der Waals surface area contributed by atoms with E-state index in [9.17, 15) is 24.0 Å². The number of benzene rings is 2. The predicted octanol–water partition coefficient (Wildman–Crippen LogP) is 3.31. The van der Waals surface area contributed by atoms with E-state index >= 15 is 0 Å². The summed E-state index contributed by atoms with van der Waals surface area (Å²) in [6.07, 6.45) is 3.87. The van der Waals surface area contributed by atoms with Gasteiger partial charge >= 0.3 is 0 Å². The van der Waals surface area contributed by atoms with E-state index in [0.29, 0.717) is 75.9 Å². The van der Waals surface area contributed by atoms with Gasteiger partial charge in [-0.2, -0.15) is 10.1 Å². The number of piperazine rings is 1. The SMILES string of the molecule is Cc1cc(-c2ncnn3cc(N4CCN(C(=O)C5CCN(C(=O)c6ccc(OC7CCC(=O)NC7=O)cc6)C5)CC4)cc23)ccc1CNC(=O)c1noc(C(C)(C)C)n1. The maximum Gasteiger partial charge on any atom is 0.292 e. The van der Waals surface area contributed by atoms with Crippen molar-refractivity contribution in [3.63, 3.8) is 0 Å².